The van der Waals surface area contributed by atoms with Gasteiger partial charge in [-0.05, 0) is 0 Å². The molecule has 0 aromatic heterocycles. The summed E-state index contributed by atoms with van der Waals surface area (Å²) in [4.78, 5) is 0. The van der Waals surface area contributed by atoms with E-state index in [0.29, 0.717) is 5.41 Å². The van der Waals surface area contributed by atoms with Crippen molar-refractivity contribution in [1.82, 2.24) is 0 Å². The van der Waals surface area contributed by atoms with Crippen LogP contribution in [0.3, 0.4) is 0 Å². The molecule has 2 saturated carbocycles. The van der Waals surface area contributed by atoms with Crippen LogP contribution in [0.25, 0.3) is 0 Å². The molecule has 4 unspecified atom stereocenters. The van der Waals surface area contributed by atoms with Crippen molar-refractivity contribution in [2.24, 2.45) is 16.7 Å². The molecule has 106 valence electrons. The number of halogens is 1. The predicted octanol–water partition coefficient (Wildman–Crippen LogP) is 4.72. The van der Waals surface area contributed by atoms with Gasteiger partial charge in [0, 0.05) is 0 Å². The Morgan fingerprint density at radius 2 is 2.17 bits per heavy atom. The summed E-state index contributed by atoms with van der Waals surface area (Å²) in [6.07, 6.45) is 5.63. The van der Waals surface area contributed by atoms with Gasteiger partial charge in [0.25, 0.3) is 0 Å². The molecule has 4 atom stereocenters. The van der Waals surface area contributed by atoms with E-state index in [2.05, 4.69) is 46.2 Å². The Morgan fingerprint density at radius 3 is 2.56 bits per heavy atom. The number of aliphatic hydroxyl groups is 1. The summed E-state index contributed by atoms with van der Waals surface area (Å²) in [5, 5.41) is 10.6. The predicted molar refractivity (Wildman–Crippen MR) is 84.5 cm³/mol. The van der Waals surface area contributed by atoms with Crippen molar-refractivity contribution in [1.29, 1.82) is 0 Å². The second-order valence-corrected chi connectivity index (χ2v) is 24.7. The Kier molecular flexibility index (Phi) is 4.32. The number of fused-ring (bicyclic) bond motifs is 2. The van der Waals surface area contributed by atoms with E-state index in [9.17, 15) is 5.11 Å². The van der Waals surface area contributed by atoms with Crippen LogP contribution in [-0.4, -0.2) is 27.2 Å². The van der Waals surface area contributed by atoms with E-state index in [1.54, 1.807) is 0 Å². The summed E-state index contributed by atoms with van der Waals surface area (Å²) in [5.41, 5.74) is 0.523. The molecule has 0 aromatic carbocycles. The minimum atomic E-state index is -2.03. The number of aliphatic hydroxyl groups excluding tert-OH is 1. The van der Waals surface area contributed by atoms with Crippen LogP contribution in [0.15, 0.2) is 12.7 Å². The zero-order chi connectivity index (χ0) is 13.6. The van der Waals surface area contributed by atoms with E-state index in [-0.39, 0.29) is 11.5 Å². The fourth-order valence-corrected chi connectivity index (χ4v) is 15.8. The van der Waals surface area contributed by atoms with E-state index >= 15 is 0 Å². The summed E-state index contributed by atoms with van der Waals surface area (Å²) in [6, 6.07) is 0. The molecule has 0 spiro atoms. The van der Waals surface area contributed by atoms with Crippen LogP contribution in [0.1, 0.15) is 40.0 Å². The first-order valence-electron chi connectivity index (χ1n) is 7.06. The molecule has 3 heteroatoms. The molecule has 2 aliphatic rings. The van der Waals surface area contributed by atoms with Crippen molar-refractivity contribution in [3.8, 4) is 0 Å². The van der Waals surface area contributed by atoms with E-state index < -0.39 is 16.0 Å². The molecule has 2 bridgehead atoms. The fourth-order valence-electron chi connectivity index (χ4n) is 4.33. The third-order valence-electron chi connectivity index (χ3n) is 5.84. The Morgan fingerprint density at radius 1 is 1.50 bits per heavy atom. The van der Waals surface area contributed by atoms with E-state index in [1.807, 2.05) is 0 Å². The van der Waals surface area contributed by atoms with Crippen molar-refractivity contribution in [3.63, 3.8) is 0 Å². The normalized spacial score (nSPS) is 42.5. The van der Waals surface area contributed by atoms with Gasteiger partial charge in [-0.15, -0.1) is 0 Å². The van der Waals surface area contributed by atoms with Crippen molar-refractivity contribution in [3.05, 3.63) is 12.7 Å². The third kappa shape index (κ3) is 2.14. The summed E-state index contributed by atoms with van der Waals surface area (Å²) in [6.45, 7) is 11.1. The molecule has 0 aliphatic heterocycles. The first-order valence-corrected chi connectivity index (χ1v) is 17.2. The summed E-state index contributed by atoms with van der Waals surface area (Å²) >= 11 is 2.11. The molecule has 0 heterocycles. The first kappa shape index (κ1) is 15.4. The number of hydrogen-bond acceptors (Lipinski definition) is 1. The van der Waals surface area contributed by atoms with Gasteiger partial charge in [0.1, 0.15) is 0 Å². The maximum absolute atomic E-state index is 10.6. The van der Waals surface area contributed by atoms with Gasteiger partial charge in [0.15, 0.2) is 0 Å². The van der Waals surface area contributed by atoms with E-state index in [1.165, 1.54) is 26.2 Å². The van der Waals surface area contributed by atoms with Gasteiger partial charge in [0.2, 0.25) is 0 Å². The molecule has 18 heavy (non-hydrogen) atoms. The van der Waals surface area contributed by atoms with Crippen LogP contribution in [0.4, 0.5) is 0 Å². The molecular weight excluding hydrogens is 404 g/mol. The summed E-state index contributed by atoms with van der Waals surface area (Å²) < 4.78 is 3.72. The van der Waals surface area contributed by atoms with Crippen LogP contribution in [-0.2, 0) is 0 Å². The van der Waals surface area contributed by atoms with Gasteiger partial charge in [-0.1, -0.05) is 0 Å². The Labute approximate surface area is 122 Å². The van der Waals surface area contributed by atoms with Gasteiger partial charge in [0.05, 0.1) is 0 Å². The van der Waals surface area contributed by atoms with Gasteiger partial charge in [-0.3, -0.25) is 0 Å². The first-order chi connectivity index (χ1) is 8.31. The number of hydrogen-bond donors (Lipinski definition) is 1. The third-order valence-corrected chi connectivity index (χ3v) is 20.5. The summed E-state index contributed by atoms with van der Waals surface area (Å²) in [5.74, 6) is 0.743. The Bertz CT molecular complexity index is 343. The van der Waals surface area contributed by atoms with Crippen LogP contribution in [0, 0.1) is 16.7 Å². The molecule has 1 N–H and O–H groups in total. The monoisotopic (exact) mass is 432 g/mol. The van der Waals surface area contributed by atoms with Crippen molar-refractivity contribution < 1.29 is 5.11 Å². The second-order valence-electron chi connectivity index (χ2n) is 6.69. The van der Waals surface area contributed by atoms with E-state index in [4.69, 9.17) is 0 Å². The minimum absolute atomic E-state index is 0.0640. The zero-order valence-corrected chi connectivity index (χ0v) is 15.8. The van der Waals surface area contributed by atoms with E-state index in [0.717, 1.165) is 12.3 Å². The molecule has 0 amide bonds. The molecule has 0 aromatic rings. The molecule has 0 saturated heterocycles. The van der Waals surface area contributed by atoms with Crippen LogP contribution < -0.4 is 0 Å². The van der Waals surface area contributed by atoms with Gasteiger partial charge >= 0.3 is 123 Å². The van der Waals surface area contributed by atoms with Crippen LogP contribution in [0.2, 0.25) is 13.4 Å². The van der Waals surface area contributed by atoms with Crippen molar-refractivity contribution in [2.75, 3.05) is 0 Å². The summed E-state index contributed by atoms with van der Waals surface area (Å²) in [7, 11) is 0. The molecule has 2 rings (SSSR count). The average Bonchev–Trinajstić information content (AvgIpc) is 2.63. The molecule has 2 aliphatic carbocycles. The molecular formula is C15H27BrOTe. The van der Waals surface area contributed by atoms with Gasteiger partial charge in [-0.2, -0.15) is 0 Å². The average molecular weight is 431 g/mol. The maximum atomic E-state index is 10.6. The van der Waals surface area contributed by atoms with Gasteiger partial charge in [-0.25, -0.2) is 0 Å². The fraction of sp³-hybridized carbons (Fsp3) is 0.867. The number of rotatable bonds is 5. The second kappa shape index (κ2) is 5.06. The number of allylic oxidation sites excluding steroid dienone is 1. The quantitative estimate of drug-likeness (QED) is 0.494. The van der Waals surface area contributed by atoms with Gasteiger partial charge < -0.3 is 0 Å². The van der Waals surface area contributed by atoms with Crippen LogP contribution >= 0.6 is 12.8 Å². The molecule has 0 radical (unpaired) electrons. The van der Waals surface area contributed by atoms with Crippen molar-refractivity contribution in [2.45, 2.75) is 59.5 Å². The van der Waals surface area contributed by atoms with Crippen molar-refractivity contribution >= 4 is 28.7 Å². The SMILES string of the molecule is C=CC[Te](Br)(CC)CC12CCC(CC1O)C2(C)C. The Balaban J connectivity index is 2.28. The topological polar surface area (TPSA) is 20.2 Å². The molecule has 2 fully saturated rings. The zero-order valence-electron chi connectivity index (χ0n) is 11.9. The standard InChI is InChI=1S/C15H27BrOTe/c1-5-9-18(16,6-2)11-15-8-7-12(10-13(15)17)14(15,3)4/h5,12-13,17H,1,6-11H2,2-4H3. The van der Waals surface area contributed by atoms with Crippen LogP contribution in [0.5, 0.6) is 0 Å². The molecule has 1 nitrogen and oxygen atoms in total. The Hall–Kier alpha value is 0.970.